The molecule has 0 fully saturated rings. The summed E-state index contributed by atoms with van der Waals surface area (Å²) in [6, 6.07) is 2.74. The predicted octanol–water partition coefficient (Wildman–Crippen LogP) is 2.28. The van der Waals surface area contributed by atoms with Crippen molar-refractivity contribution < 1.29 is 14.8 Å². The van der Waals surface area contributed by atoms with Crippen LogP contribution in [-0.2, 0) is 7.05 Å². The van der Waals surface area contributed by atoms with Gasteiger partial charge in [-0.15, -0.1) is 6.58 Å². The molecule has 0 aliphatic carbocycles. The molecular weight excluding hydrogens is 302 g/mol. The third kappa shape index (κ3) is 3.51. The fourth-order valence-corrected chi connectivity index (χ4v) is 2.24. The Kier molecular flexibility index (Phi) is 4.69. The zero-order valence-corrected chi connectivity index (χ0v) is 12.3. The standard InChI is InChI=1S/C14H15N5O4/c1-3-4-10(17-14(20)21)9-5-6-15-11(7-9)13-12(19(22)23)8-16-18(13)2/h3,5-8,10,17H,1,4H2,2H3,(H,20,21). The largest absolute Gasteiger partial charge is 0.465 e. The first-order valence-electron chi connectivity index (χ1n) is 6.67. The molecule has 0 saturated carbocycles. The van der Waals surface area contributed by atoms with E-state index in [1.54, 1.807) is 25.3 Å². The molecule has 2 N–H and O–H groups in total. The molecule has 2 aromatic heterocycles. The highest BCUT2D eigenvalue weighted by atomic mass is 16.6. The van der Waals surface area contributed by atoms with E-state index in [1.807, 2.05) is 0 Å². The van der Waals surface area contributed by atoms with Crippen molar-refractivity contribution in [2.45, 2.75) is 12.5 Å². The van der Waals surface area contributed by atoms with Gasteiger partial charge in [0, 0.05) is 13.2 Å². The van der Waals surface area contributed by atoms with Gasteiger partial charge in [-0.05, 0) is 24.1 Å². The van der Waals surface area contributed by atoms with Crippen molar-refractivity contribution in [3.05, 3.63) is 52.9 Å². The van der Waals surface area contributed by atoms with Gasteiger partial charge in [-0.2, -0.15) is 5.10 Å². The maximum atomic E-state index is 11.1. The van der Waals surface area contributed by atoms with Crippen LogP contribution in [0.5, 0.6) is 0 Å². The van der Waals surface area contributed by atoms with Crippen molar-refractivity contribution in [1.82, 2.24) is 20.1 Å². The van der Waals surface area contributed by atoms with Gasteiger partial charge in [-0.1, -0.05) is 6.08 Å². The maximum absolute atomic E-state index is 11.1. The topological polar surface area (TPSA) is 123 Å². The number of pyridine rings is 1. The van der Waals surface area contributed by atoms with Gasteiger partial charge >= 0.3 is 11.8 Å². The van der Waals surface area contributed by atoms with E-state index in [-0.39, 0.29) is 11.4 Å². The van der Waals surface area contributed by atoms with Gasteiger partial charge in [0.2, 0.25) is 0 Å². The lowest BCUT2D eigenvalue weighted by molar-refractivity contribution is -0.384. The van der Waals surface area contributed by atoms with E-state index in [4.69, 9.17) is 5.11 Å². The molecule has 23 heavy (non-hydrogen) atoms. The monoisotopic (exact) mass is 317 g/mol. The molecule has 0 aromatic carbocycles. The molecule has 1 atom stereocenters. The van der Waals surface area contributed by atoms with Crippen LogP contribution >= 0.6 is 0 Å². The molecule has 0 bridgehead atoms. The fraction of sp³-hybridized carbons (Fsp3) is 0.214. The molecule has 0 saturated heterocycles. The Morgan fingerprint density at radius 2 is 2.39 bits per heavy atom. The lowest BCUT2D eigenvalue weighted by Gasteiger charge is -2.16. The van der Waals surface area contributed by atoms with Gasteiger partial charge in [0.25, 0.3) is 0 Å². The summed E-state index contributed by atoms with van der Waals surface area (Å²) in [5.41, 5.74) is 1.07. The second kappa shape index (κ2) is 6.69. The molecule has 2 heterocycles. The van der Waals surface area contributed by atoms with E-state index >= 15 is 0 Å². The second-order valence-corrected chi connectivity index (χ2v) is 4.76. The van der Waals surface area contributed by atoms with Crippen molar-refractivity contribution in [3.8, 4) is 11.4 Å². The number of carbonyl (C=O) groups is 1. The molecule has 2 rings (SSSR count). The van der Waals surface area contributed by atoms with E-state index in [0.29, 0.717) is 17.7 Å². The van der Waals surface area contributed by atoms with Gasteiger partial charge in [-0.25, -0.2) is 4.79 Å². The Labute approximate surface area is 131 Å². The van der Waals surface area contributed by atoms with E-state index in [2.05, 4.69) is 22.0 Å². The molecule has 120 valence electrons. The van der Waals surface area contributed by atoms with Gasteiger partial charge < -0.3 is 10.4 Å². The summed E-state index contributed by atoms with van der Waals surface area (Å²) in [7, 11) is 1.58. The van der Waals surface area contributed by atoms with Crippen LogP contribution in [0.4, 0.5) is 10.5 Å². The van der Waals surface area contributed by atoms with Crippen LogP contribution in [0.3, 0.4) is 0 Å². The quantitative estimate of drug-likeness (QED) is 0.478. The highest BCUT2D eigenvalue weighted by molar-refractivity contribution is 5.68. The Balaban J connectivity index is 2.47. The Hall–Kier alpha value is -3.23. The minimum absolute atomic E-state index is 0.163. The number of amides is 1. The average molecular weight is 317 g/mol. The highest BCUT2D eigenvalue weighted by Gasteiger charge is 2.23. The number of aromatic nitrogens is 3. The first-order chi connectivity index (χ1) is 10.9. The molecule has 9 nitrogen and oxygen atoms in total. The summed E-state index contributed by atoms with van der Waals surface area (Å²) in [6.45, 7) is 3.61. The molecule has 2 aromatic rings. The summed E-state index contributed by atoms with van der Waals surface area (Å²) in [4.78, 5) is 25.6. The fourth-order valence-electron chi connectivity index (χ4n) is 2.24. The minimum Gasteiger partial charge on any atom is -0.465 e. The Morgan fingerprint density at radius 3 is 3.00 bits per heavy atom. The summed E-state index contributed by atoms with van der Waals surface area (Å²) >= 11 is 0. The number of rotatable bonds is 6. The van der Waals surface area contributed by atoms with Gasteiger partial charge in [-0.3, -0.25) is 19.8 Å². The number of nitrogens with zero attached hydrogens (tertiary/aromatic N) is 4. The molecule has 0 spiro atoms. The third-order valence-electron chi connectivity index (χ3n) is 3.25. The van der Waals surface area contributed by atoms with Crippen LogP contribution in [0, 0.1) is 10.1 Å². The summed E-state index contributed by atoms with van der Waals surface area (Å²) in [6.07, 6.45) is 3.43. The number of aryl methyl sites for hydroxylation is 1. The third-order valence-corrected chi connectivity index (χ3v) is 3.25. The Bertz CT molecular complexity index is 755. The van der Waals surface area contributed by atoms with E-state index < -0.39 is 17.1 Å². The van der Waals surface area contributed by atoms with E-state index in [0.717, 1.165) is 6.20 Å². The summed E-state index contributed by atoms with van der Waals surface area (Å²) in [5.74, 6) is 0. The summed E-state index contributed by atoms with van der Waals surface area (Å²) < 4.78 is 1.36. The number of hydrogen-bond acceptors (Lipinski definition) is 5. The number of carboxylic acid groups (broad SMARTS) is 1. The predicted molar refractivity (Wildman–Crippen MR) is 81.8 cm³/mol. The minimum atomic E-state index is -1.17. The Morgan fingerprint density at radius 1 is 1.65 bits per heavy atom. The van der Waals surface area contributed by atoms with Crippen molar-refractivity contribution in [2.75, 3.05) is 0 Å². The van der Waals surface area contributed by atoms with Crippen LogP contribution in [0.1, 0.15) is 18.0 Å². The molecule has 0 radical (unpaired) electrons. The average Bonchev–Trinajstić information content (AvgIpc) is 2.88. The van der Waals surface area contributed by atoms with E-state index in [9.17, 15) is 14.9 Å². The first-order valence-corrected chi connectivity index (χ1v) is 6.67. The van der Waals surface area contributed by atoms with E-state index in [1.165, 1.54) is 10.9 Å². The lowest BCUT2D eigenvalue weighted by Crippen LogP contribution is -2.26. The molecule has 0 aliphatic rings. The smallest absolute Gasteiger partial charge is 0.405 e. The molecule has 9 heteroatoms. The maximum Gasteiger partial charge on any atom is 0.405 e. The van der Waals surface area contributed by atoms with Crippen LogP contribution < -0.4 is 5.32 Å². The summed E-state index contributed by atoms with van der Waals surface area (Å²) in [5, 5.41) is 26.3. The van der Waals surface area contributed by atoms with Gasteiger partial charge in [0.15, 0.2) is 5.69 Å². The van der Waals surface area contributed by atoms with Crippen molar-refractivity contribution in [2.24, 2.45) is 7.05 Å². The van der Waals surface area contributed by atoms with Gasteiger partial charge in [0.05, 0.1) is 16.7 Å². The van der Waals surface area contributed by atoms with Crippen molar-refractivity contribution >= 4 is 11.8 Å². The van der Waals surface area contributed by atoms with Crippen molar-refractivity contribution in [3.63, 3.8) is 0 Å². The molecular formula is C14H15N5O4. The zero-order chi connectivity index (χ0) is 17.0. The van der Waals surface area contributed by atoms with Crippen LogP contribution in [0.2, 0.25) is 0 Å². The second-order valence-electron chi connectivity index (χ2n) is 4.76. The van der Waals surface area contributed by atoms with Crippen LogP contribution in [0.15, 0.2) is 37.2 Å². The highest BCUT2D eigenvalue weighted by Crippen LogP contribution is 2.29. The first kappa shape index (κ1) is 16.1. The number of nitrogens with one attached hydrogen (secondary N) is 1. The van der Waals surface area contributed by atoms with Gasteiger partial charge in [0.1, 0.15) is 6.20 Å². The van der Waals surface area contributed by atoms with Crippen molar-refractivity contribution in [1.29, 1.82) is 0 Å². The lowest BCUT2D eigenvalue weighted by atomic mass is 10.0. The SMILES string of the molecule is C=CCC(NC(=O)O)c1ccnc(-c2c([N+](=O)[O-])cnn2C)c1. The van der Waals surface area contributed by atoms with Crippen LogP contribution in [0.25, 0.3) is 11.4 Å². The molecule has 1 unspecified atom stereocenters. The molecule has 1 amide bonds. The molecule has 0 aliphatic heterocycles. The number of hydrogen-bond donors (Lipinski definition) is 2. The number of nitro groups is 1. The normalized spacial score (nSPS) is 11.7. The van der Waals surface area contributed by atoms with Crippen LogP contribution in [-0.4, -0.2) is 30.9 Å². The zero-order valence-electron chi connectivity index (χ0n) is 12.3.